The molecule has 3 aromatic rings. The van der Waals surface area contributed by atoms with Gasteiger partial charge in [0.25, 0.3) is 0 Å². The molecule has 0 aliphatic carbocycles. The Morgan fingerprint density at radius 3 is 3.00 bits per heavy atom. The SMILES string of the molecule is CCCc1cc([C@H]2CCCN2Cc2cn[nH]c2-c2ccccc2)no1. The monoisotopic (exact) mass is 336 g/mol. The first-order valence-electron chi connectivity index (χ1n) is 9.12. The number of aromatic nitrogens is 3. The zero-order valence-electron chi connectivity index (χ0n) is 14.6. The summed E-state index contributed by atoms with van der Waals surface area (Å²) in [5.74, 6) is 0.998. The maximum absolute atomic E-state index is 5.50. The maximum Gasteiger partial charge on any atom is 0.137 e. The second-order valence-electron chi connectivity index (χ2n) is 6.73. The Balaban J connectivity index is 1.53. The fourth-order valence-corrected chi connectivity index (χ4v) is 3.71. The highest BCUT2D eigenvalue weighted by Crippen LogP contribution is 2.34. The van der Waals surface area contributed by atoms with E-state index in [2.05, 4.69) is 57.5 Å². The number of aromatic amines is 1. The highest BCUT2D eigenvalue weighted by molar-refractivity contribution is 5.62. The highest BCUT2D eigenvalue weighted by Gasteiger charge is 2.29. The lowest BCUT2D eigenvalue weighted by Gasteiger charge is -2.22. The molecule has 0 bridgehead atoms. The summed E-state index contributed by atoms with van der Waals surface area (Å²) in [4.78, 5) is 2.49. The van der Waals surface area contributed by atoms with Crippen LogP contribution in [0.1, 0.15) is 49.2 Å². The van der Waals surface area contributed by atoms with E-state index in [-0.39, 0.29) is 0 Å². The van der Waals surface area contributed by atoms with E-state index in [1.165, 1.54) is 17.5 Å². The first-order valence-corrected chi connectivity index (χ1v) is 9.12. The minimum Gasteiger partial charge on any atom is -0.361 e. The van der Waals surface area contributed by atoms with Gasteiger partial charge in [0.15, 0.2) is 0 Å². The first kappa shape index (κ1) is 16.1. The van der Waals surface area contributed by atoms with Gasteiger partial charge in [0.1, 0.15) is 11.5 Å². The van der Waals surface area contributed by atoms with Crippen LogP contribution in [0.3, 0.4) is 0 Å². The minimum absolute atomic E-state index is 0.341. The summed E-state index contributed by atoms with van der Waals surface area (Å²) in [6.07, 6.45) is 6.32. The minimum atomic E-state index is 0.341. The van der Waals surface area contributed by atoms with Gasteiger partial charge in [0.2, 0.25) is 0 Å². The lowest BCUT2D eigenvalue weighted by molar-refractivity contribution is 0.236. The number of rotatable bonds is 6. The molecular formula is C20H24N4O. The van der Waals surface area contributed by atoms with Crippen molar-refractivity contribution in [2.45, 2.75) is 45.2 Å². The molecule has 2 aromatic heterocycles. The number of benzene rings is 1. The average Bonchev–Trinajstić information content (AvgIpc) is 3.37. The van der Waals surface area contributed by atoms with Crippen molar-refractivity contribution in [3.05, 3.63) is 59.6 Å². The Bertz CT molecular complexity index is 808. The topological polar surface area (TPSA) is 58.0 Å². The van der Waals surface area contributed by atoms with Crippen LogP contribution in [-0.4, -0.2) is 26.8 Å². The molecule has 1 aliphatic heterocycles. The molecule has 1 atom stereocenters. The molecule has 1 fully saturated rings. The Kier molecular flexibility index (Phi) is 4.65. The molecule has 4 rings (SSSR count). The molecule has 130 valence electrons. The number of nitrogens with zero attached hydrogens (tertiary/aromatic N) is 3. The van der Waals surface area contributed by atoms with Crippen LogP contribution in [0.5, 0.6) is 0 Å². The molecule has 1 aliphatic rings. The highest BCUT2D eigenvalue weighted by atomic mass is 16.5. The number of hydrogen-bond acceptors (Lipinski definition) is 4. The van der Waals surface area contributed by atoms with Crippen molar-refractivity contribution < 1.29 is 4.52 Å². The summed E-state index contributed by atoms with van der Waals surface area (Å²) in [5, 5.41) is 11.8. The standard InChI is InChI=1S/C20H24N4O/c1-2-7-17-12-18(23-25-17)19-10-6-11-24(19)14-16-13-21-22-20(16)15-8-4-3-5-9-15/h3-5,8-9,12-13,19H,2,6-7,10-11,14H2,1H3,(H,21,22)/t19-/m1/s1. The van der Waals surface area contributed by atoms with Gasteiger partial charge in [-0.05, 0) is 31.4 Å². The largest absolute Gasteiger partial charge is 0.361 e. The Morgan fingerprint density at radius 2 is 2.16 bits per heavy atom. The van der Waals surface area contributed by atoms with E-state index >= 15 is 0 Å². The normalized spacial score (nSPS) is 18.0. The Morgan fingerprint density at radius 1 is 1.28 bits per heavy atom. The maximum atomic E-state index is 5.50. The number of hydrogen-bond donors (Lipinski definition) is 1. The van der Waals surface area contributed by atoms with E-state index in [1.54, 1.807) is 0 Å². The smallest absolute Gasteiger partial charge is 0.137 e. The van der Waals surface area contributed by atoms with Crippen LogP contribution in [0.4, 0.5) is 0 Å². The van der Waals surface area contributed by atoms with Gasteiger partial charge in [0, 0.05) is 24.6 Å². The molecule has 1 aromatic carbocycles. The van der Waals surface area contributed by atoms with Gasteiger partial charge in [-0.1, -0.05) is 42.4 Å². The van der Waals surface area contributed by atoms with E-state index < -0.39 is 0 Å². The number of nitrogens with one attached hydrogen (secondary N) is 1. The second kappa shape index (κ2) is 7.23. The van der Waals surface area contributed by atoms with Gasteiger partial charge >= 0.3 is 0 Å². The summed E-state index contributed by atoms with van der Waals surface area (Å²) in [5.41, 5.74) is 4.59. The fraction of sp³-hybridized carbons (Fsp3) is 0.400. The fourth-order valence-electron chi connectivity index (χ4n) is 3.71. The second-order valence-corrected chi connectivity index (χ2v) is 6.73. The third-order valence-corrected chi connectivity index (χ3v) is 4.93. The Hall–Kier alpha value is -2.40. The van der Waals surface area contributed by atoms with Crippen LogP contribution in [0, 0.1) is 0 Å². The van der Waals surface area contributed by atoms with Crippen LogP contribution in [-0.2, 0) is 13.0 Å². The molecule has 0 spiro atoms. The predicted molar refractivity (Wildman–Crippen MR) is 96.9 cm³/mol. The van der Waals surface area contributed by atoms with Crippen molar-refractivity contribution in [1.82, 2.24) is 20.3 Å². The van der Waals surface area contributed by atoms with Crippen LogP contribution >= 0.6 is 0 Å². The molecular weight excluding hydrogens is 312 g/mol. The zero-order valence-corrected chi connectivity index (χ0v) is 14.6. The van der Waals surface area contributed by atoms with E-state index in [1.807, 2.05) is 12.3 Å². The predicted octanol–water partition coefficient (Wildman–Crippen LogP) is 4.35. The molecule has 0 amide bonds. The summed E-state index contributed by atoms with van der Waals surface area (Å²) in [7, 11) is 0. The number of likely N-dealkylation sites (tertiary alicyclic amines) is 1. The van der Waals surface area contributed by atoms with E-state index in [4.69, 9.17) is 4.52 Å². The molecule has 25 heavy (non-hydrogen) atoms. The van der Waals surface area contributed by atoms with Crippen molar-refractivity contribution in [3.63, 3.8) is 0 Å². The van der Waals surface area contributed by atoms with E-state index in [9.17, 15) is 0 Å². The molecule has 5 nitrogen and oxygen atoms in total. The molecule has 0 radical (unpaired) electrons. The quantitative estimate of drug-likeness (QED) is 0.727. The van der Waals surface area contributed by atoms with Gasteiger partial charge in [0.05, 0.1) is 17.9 Å². The van der Waals surface area contributed by atoms with Crippen molar-refractivity contribution in [1.29, 1.82) is 0 Å². The first-order chi connectivity index (χ1) is 12.3. The van der Waals surface area contributed by atoms with Crippen molar-refractivity contribution in [3.8, 4) is 11.3 Å². The van der Waals surface area contributed by atoms with Crippen molar-refractivity contribution >= 4 is 0 Å². The third kappa shape index (κ3) is 3.37. The van der Waals surface area contributed by atoms with Crippen LogP contribution in [0.15, 0.2) is 47.1 Å². The molecule has 1 N–H and O–H groups in total. The van der Waals surface area contributed by atoms with Gasteiger partial charge in [-0.15, -0.1) is 0 Å². The molecule has 0 saturated carbocycles. The van der Waals surface area contributed by atoms with Crippen LogP contribution in [0.25, 0.3) is 11.3 Å². The van der Waals surface area contributed by atoms with Gasteiger partial charge in [-0.25, -0.2) is 0 Å². The molecule has 0 unspecified atom stereocenters. The lowest BCUT2D eigenvalue weighted by atomic mass is 10.1. The van der Waals surface area contributed by atoms with Gasteiger partial charge in [-0.2, -0.15) is 5.10 Å². The van der Waals surface area contributed by atoms with Crippen molar-refractivity contribution in [2.24, 2.45) is 0 Å². The van der Waals surface area contributed by atoms with Gasteiger partial charge < -0.3 is 4.52 Å². The lowest BCUT2D eigenvalue weighted by Crippen LogP contribution is -2.23. The molecule has 3 heterocycles. The van der Waals surface area contributed by atoms with E-state index in [0.29, 0.717) is 6.04 Å². The number of aryl methyl sites for hydroxylation is 1. The van der Waals surface area contributed by atoms with Gasteiger partial charge in [-0.3, -0.25) is 10.00 Å². The zero-order chi connectivity index (χ0) is 17.1. The summed E-state index contributed by atoms with van der Waals surface area (Å²) < 4.78 is 5.50. The summed E-state index contributed by atoms with van der Waals surface area (Å²) in [6.45, 7) is 4.12. The summed E-state index contributed by atoms with van der Waals surface area (Å²) >= 11 is 0. The summed E-state index contributed by atoms with van der Waals surface area (Å²) in [6, 6.07) is 12.9. The molecule has 5 heteroatoms. The average molecular weight is 336 g/mol. The van der Waals surface area contributed by atoms with Crippen molar-refractivity contribution in [2.75, 3.05) is 6.54 Å². The molecule has 1 saturated heterocycles. The Labute approximate surface area is 148 Å². The third-order valence-electron chi connectivity index (χ3n) is 4.93. The van der Waals surface area contributed by atoms with Crippen LogP contribution < -0.4 is 0 Å². The van der Waals surface area contributed by atoms with E-state index in [0.717, 1.165) is 49.5 Å². The number of H-pyrrole nitrogens is 1. The van der Waals surface area contributed by atoms with Crippen LogP contribution in [0.2, 0.25) is 0 Å².